The van der Waals surface area contributed by atoms with Crippen LogP contribution < -0.4 is 0 Å². The lowest BCUT2D eigenvalue weighted by Gasteiger charge is -2.32. The second-order valence-electron chi connectivity index (χ2n) is 7.45. The zero-order valence-electron chi connectivity index (χ0n) is 15.7. The average molecular weight is 365 g/mol. The van der Waals surface area contributed by atoms with Gasteiger partial charge >= 0.3 is 0 Å². The van der Waals surface area contributed by atoms with Crippen molar-refractivity contribution in [2.45, 2.75) is 38.1 Å². The fraction of sp³-hybridized carbons (Fsp3) is 0.476. The highest BCUT2D eigenvalue weighted by Gasteiger charge is 2.29. The molecule has 142 valence electrons. The zero-order chi connectivity index (χ0) is 18.5. The summed E-state index contributed by atoms with van der Waals surface area (Å²) in [4.78, 5) is 21.3. The van der Waals surface area contributed by atoms with Crippen molar-refractivity contribution in [2.24, 2.45) is 0 Å². The van der Waals surface area contributed by atoms with E-state index in [-0.39, 0.29) is 5.91 Å². The lowest BCUT2D eigenvalue weighted by molar-refractivity contribution is -0.127. The number of likely N-dealkylation sites (tertiary alicyclic amines) is 2. The highest BCUT2D eigenvalue weighted by Crippen LogP contribution is 2.21. The first-order valence-corrected chi connectivity index (χ1v) is 9.96. The van der Waals surface area contributed by atoms with E-state index in [2.05, 4.69) is 19.9 Å². The molecule has 1 aromatic heterocycles. The predicted molar refractivity (Wildman–Crippen MR) is 105 cm³/mol. The van der Waals surface area contributed by atoms with Crippen LogP contribution in [-0.2, 0) is 4.79 Å². The van der Waals surface area contributed by atoms with Crippen molar-refractivity contribution in [1.29, 1.82) is 0 Å². The van der Waals surface area contributed by atoms with Crippen molar-refractivity contribution in [2.75, 3.05) is 26.2 Å². The van der Waals surface area contributed by atoms with Crippen LogP contribution in [0.15, 0.2) is 43.0 Å². The smallest absolute Gasteiger partial charge is 0.246 e. The van der Waals surface area contributed by atoms with Gasteiger partial charge < -0.3 is 9.80 Å². The summed E-state index contributed by atoms with van der Waals surface area (Å²) in [6.45, 7) is 4.29. The fourth-order valence-corrected chi connectivity index (χ4v) is 4.10. The van der Waals surface area contributed by atoms with Gasteiger partial charge in [0.15, 0.2) is 0 Å². The molecule has 0 saturated carbocycles. The van der Waals surface area contributed by atoms with E-state index in [9.17, 15) is 4.79 Å². The van der Waals surface area contributed by atoms with E-state index in [1.807, 2.05) is 30.3 Å². The van der Waals surface area contributed by atoms with E-state index in [0.29, 0.717) is 6.04 Å². The van der Waals surface area contributed by atoms with Gasteiger partial charge in [-0.15, -0.1) is 0 Å². The fourth-order valence-electron chi connectivity index (χ4n) is 4.10. The molecule has 2 fully saturated rings. The van der Waals surface area contributed by atoms with Crippen LogP contribution in [0.3, 0.4) is 0 Å². The average Bonchev–Trinajstić information content (AvgIpc) is 3.40. The summed E-state index contributed by atoms with van der Waals surface area (Å²) >= 11 is 0. The molecule has 3 heterocycles. The molecule has 0 N–H and O–H groups in total. The number of carbonyl (C=O) groups excluding carboxylic acids is 1. The Balaban J connectivity index is 1.35. The molecule has 6 nitrogen and oxygen atoms in total. The largest absolute Gasteiger partial charge is 0.335 e. The highest BCUT2D eigenvalue weighted by molar-refractivity contribution is 5.92. The minimum absolute atomic E-state index is 0.134. The Labute approximate surface area is 160 Å². The molecule has 1 amide bonds. The second kappa shape index (κ2) is 8.48. The van der Waals surface area contributed by atoms with Gasteiger partial charge in [0, 0.05) is 25.2 Å². The van der Waals surface area contributed by atoms with Crippen molar-refractivity contribution in [3.8, 4) is 5.69 Å². The summed E-state index contributed by atoms with van der Waals surface area (Å²) in [5.41, 5.74) is 1.97. The molecule has 1 unspecified atom stereocenters. The first-order chi connectivity index (χ1) is 13.3. The number of amides is 1. The molecule has 0 aliphatic carbocycles. The summed E-state index contributed by atoms with van der Waals surface area (Å²) in [6, 6.07) is 8.32. The first kappa shape index (κ1) is 17.9. The van der Waals surface area contributed by atoms with Gasteiger partial charge in [-0.05, 0) is 62.5 Å². The van der Waals surface area contributed by atoms with E-state index in [1.54, 1.807) is 17.1 Å². The first-order valence-electron chi connectivity index (χ1n) is 9.96. The Morgan fingerprint density at radius 2 is 1.89 bits per heavy atom. The Morgan fingerprint density at radius 3 is 2.63 bits per heavy atom. The lowest BCUT2D eigenvalue weighted by atomic mass is 10.1. The predicted octanol–water partition coefficient (Wildman–Crippen LogP) is 2.76. The maximum absolute atomic E-state index is 12.7. The molecular weight excluding hydrogens is 338 g/mol. The number of carbonyl (C=O) groups is 1. The van der Waals surface area contributed by atoms with E-state index < -0.39 is 0 Å². The molecular formula is C21H27N5O. The summed E-state index contributed by atoms with van der Waals surface area (Å²) in [5.74, 6) is 0.134. The van der Waals surface area contributed by atoms with Crippen molar-refractivity contribution in [3.05, 3.63) is 48.6 Å². The summed E-state index contributed by atoms with van der Waals surface area (Å²) in [6.07, 6.45) is 13.0. The summed E-state index contributed by atoms with van der Waals surface area (Å²) in [7, 11) is 0. The van der Waals surface area contributed by atoms with Crippen molar-refractivity contribution in [1.82, 2.24) is 24.6 Å². The van der Waals surface area contributed by atoms with Gasteiger partial charge in [-0.1, -0.05) is 18.6 Å². The molecule has 6 heteroatoms. The van der Waals surface area contributed by atoms with Crippen LogP contribution in [0, 0.1) is 0 Å². The number of hydrogen-bond donors (Lipinski definition) is 0. The maximum atomic E-state index is 12.7. The van der Waals surface area contributed by atoms with Crippen LogP contribution in [0.2, 0.25) is 0 Å². The summed E-state index contributed by atoms with van der Waals surface area (Å²) < 4.78 is 1.72. The molecule has 0 bridgehead atoms. The highest BCUT2D eigenvalue weighted by atomic mass is 16.2. The monoisotopic (exact) mass is 365 g/mol. The molecule has 27 heavy (non-hydrogen) atoms. The van der Waals surface area contributed by atoms with Gasteiger partial charge in [-0.25, -0.2) is 9.67 Å². The topological polar surface area (TPSA) is 54.3 Å². The van der Waals surface area contributed by atoms with Crippen molar-refractivity contribution in [3.63, 3.8) is 0 Å². The SMILES string of the molecule is O=C(/C=C/c1ccc(-n2cncn2)cc1)N1CCCC1CN1CCCCC1. The molecule has 1 aromatic carbocycles. The third kappa shape index (κ3) is 4.45. The molecule has 0 radical (unpaired) electrons. The van der Waals surface area contributed by atoms with Crippen LogP contribution in [0.1, 0.15) is 37.7 Å². The van der Waals surface area contributed by atoms with E-state index in [0.717, 1.165) is 37.2 Å². The van der Waals surface area contributed by atoms with Gasteiger partial charge in [0.25, 0.3) is 0 Å². The quantitative estimate of drug-likeness (QED) is 0.765. The van der Waals surface area contributed by atoms with E-state index >= 15 is 0 Å². The minimum Gasteiger partial charge on any atom is -0.335 e. The number of nitrogens with zero attached hydrogens (tertiary/aromatic N) is 5. The number of benzene rings is 1. The summed E-state index contributed by atoms with van der Waals surface area (Å²) in [5, 5.41) is 4.12. The minimum atomic E-state index is 0.134. The van der Waals surface area contributed by atoms with E-state index in [4.69, 9.17) is 0 Å². The lowest BCUT2D eigenvalue weighted by Crippen LogP contribution is -2.44. The van der Waals surface area contributed by atoms with Crippen LogP contribution >= 0.6 is 0 Å². The normalized spacial score (nSPS) is 21.2. The Kier molecular flexibility index (Phi) is 5.63. The van der Waals surface area contributed by atoms with Crippen LogP contribution in [0.4, 0.5) is 0 Å². The van der Waals surface area contributed by atoms with Gasteiger partial charge in [0.05, 0.1) is 5.69 Å². The molecule has 2 saturated heterocycles. The van der Waals surface area contributed by atoms with Crippen molar-refractivity contribution >= 4 is 12.0 Å². The van der Waals surface area contributed by atoms with Gasteiger partial charge in [0.1, 0.15) is 12.7 Å². The Hall–Kier alpha value is -2.47. The third-order valence-corrected chi connectivity index (χ3v) is 5.57. The van der Waals surface area contributed by atoms with Gasteiger partial charge in [0.2, 0.25) is 5.91 Å². The van der Waals surface area contributed by atoms with Crippen LogP contribution in [-0.4, -0.2) is 62.7 Å². The standard InChI is InChI=1S/C21H27N5O/c27-21(25-14-4-5-20(25)15-24-12-2-1-3-13-24)11-8-18-6-9-19(10-7-18)26-17-22-16-23-26/h6-11,16-17,20H,1-5,12-15H2/b11-8+. The molecule has 1 atom stereocenters. The van der Waals surface area contributed by atoms with E-state index in [1.165, 1.54) is 38.7 Å². The molecule has 4 rings (SSSR count). The molecule has 2 aliphatic heterocycles. The molecule has 2 aliphatic rings. The zero-order valence-corrected chi connectivity index (χ0v) is 15.7. The third-order valence-electron chi connectivity index (χ3n) is 5.57. The van der Waals surface area contributed by atoms with Crippen LogP contribution in [0.5, 0.6) is 0 Å². The Morgan fingerprint density at radius 1 is 1.07 bits per heavy atom. The molecule has 2 aromatic rings. The van der Waals surface area contributed by atoms with Gasteiger partial charge in [-0.3, -0.25) is 4.79 Å². The second-order valence-corrected chi connectivity index (χ2v) is 7.45. The van der Waals surface area contributed by atoms with Crippen LogP contribution in [0.25, 0.3) is 11.8 Å². The maximum Gasteiger partial charge on any atom is 0.246 e. The number of rotatable bonds is 5. The van der Waals surface area contributed by atoms with Crippen molar-refractivity contribution < 1.29 is 4.79 Å². The molecule has 0 spiro atoms. The number of hydrogen-bond acceptors (Lipinski definition) is 4. The number of aromatic nitrogens is 3. The Bertz CT molecular complexity index is 762. The number of piperidine rings is 1. The van der Waals surface area contributed by atoms with Gasteiger partial charge in [-0.2, -0.15) is 5.10 Å².